The van der Waals surface area contributed by atoms with Gasteiger partial charge in [-0.25, -0.2) is 4.98 Å². The van der Waals surface area contributed by atoms with E-state index in [-0.39, 0.29) is 24.4 Å². The third-order valence-electron chi connectivity index (χ3n) is 6.05. The number of methoxy groups -OCH3 is 2. The number of aromatic nitrogens is 3. The monoisotopic (exact) mass is 460 g/mol. The topological polar surface area (TPSA) is 87.4 Å². The maximum atomic E-state index is 13.2. The first-order valence-electron chi connectivity index (χ1n) is 11.0. The maximum absolute atomic E-state index is 13.2. The number of rotatable bonds is 8. The van der Waals surface area contributed by atoms with Crippen LogP contribution in [0.2, 0.25) is 0 Å². The first kappa shape index (κ1) is 23.1. The zero-order valence-corrected chi connectivity index (χ0v) is 19.8. The summed E-state index contributed by atoms with van der Waals surface area (Å²) in [6, 6.07) is 15.3. The molecule has 4 rings (SSSR count). The number of amides is 1. The Balaban J connectivity index is 1.49. The summed E-state index contributed by atoms with van der Waals surface area (Å²) in [5.74, 6) is 1.15. The van der Waals surface area contributed by atoms with E-state index in [0.29, 0.717) is 29.1 Å². The van der Waals surface area contributed by atoms with Gasteiger partial charge in [0.15, 0.2) is 5.65 Å². The van der Waals surface area contributed by atoms with Gasteiger partial charge in [0.1, 0.15) is 11.5 Å². The SMILES string of the molecule is COc1ccc(CNC(=O)CCn2cnc3c(c(C)c(C)n3-c3ccccc3)c2=O)c(OC)c1. The first-order chi connectivity index (χ1) is 16.4. The van der Waals surface area contributed by atoms with Crippen LogP contribution in [0, 0.1) is 13.8 Å². The molecule has 2 aromatic carbocycles. The highest BCUT2D eigenvalue weighted by Crippen LogP contribution is 2.25. The Morgan fingerprint density at radius 2 is 1.82 bits per heavy atom. The van der Waals surface area contributed by atoms with Crippen molar-refractivity contribution in [3.8, 4) is 17.2 Å². The van der Waals surface area contributed by atoms with Crippen LogP contribution in [0.5, 0.6) is 11.5 Å². The number of nitrogens with zero attached hydrogens (tertiary/aromatic N) is 3. The first-order valence-corrected chi connectivity index (χ1v) is 11.0. The minimum Gasteiger partial charge on any atom is -0.497 e. The Hall–Kier alpha value is -4.07. The van der Waals surface area contributed by atoms with Crippen LogP contribution < -0.4 is 20.3 Å². The summed E-state index contributed by atoms with van der Waals surface area (Å²) in [6.45, 7) is 4.47. The molecule has 2 aromatic heterocycles. The average Bonchev–Trinajstić information content (AvgIpc) is 3.12. The fraction of sp³-hybridized carbons (Fsp3) is 0.269. The molecule has 0 aliphatic heterocycles. The molecule has 8 nitrogen and oxygen atoms in total. The molecule has 176 valence electrons. The van der Waals surface area contributed by atoms with Gasteiger partial charge in [-0.1, -0.05) is 18.2 Å². The van der Waals surface area contributed by atoms with Crippen LogP contribution in [0.3, 0.4) is 0 Å². The van der Waals surface area contributed by atoms with Crippen molar-refractivity contribution < 1.29 is 14.3 Å². The van der Waals surface area contributed by atoms with E-state index in [1.165, 1.54) is 10.9 Å². The molecule has 1 amide bonds. The molecule has 1 N–H and O–H groups in total. The summed E-state index contributed by atoms with van der Waals surface area (Å²) in [5, 5.41) is 3.46. The standard InChI is InChI=1S/C26H28N4O4/c1-17-18(2)30(20-8-6-5-7-9-20)25-24(17)26(32)29(16-28-25)13-12-23(31)27-15-19-10-11-21(33-3)14-22(19)34-4/h5-11,14,16H,12-13,15H2,1-4H3,(H,27,31). The molecule has 2 heterocycles. The number of hydrogen-bond acceptors (Lipinski definition) is 5. The minimum absolute atomic E-state index is 0.148. The fourth-order valence-electron chi connectivity index (χ4n) is 4.04. The third kappa shape index (κ3) is 4.39. The van der Waals surface area contributed by atoms with Crippen molar-refractivity contribution in [3.63, 3.8) is 0 Å². The molecule has 34 heavy (non-hydrogen) atoms. The van der Waals surface area contributed by atoms with Crippen LogP contribution in [0.1, 0.15) is 23.2 Å². The highest BCUT2D eigenvalue weighted by atomic mass is 16.5. The molecule has 0 atom stereocenters. The van der Waals surface area contributed by atoms with E-state index >= 15 is 0 Å². The van der Waals surface area contributed by atoms with E-state index in [1.54, 1.807) is 20.3 Å². The molecule has 0 spiro atoms. The normalized spacial score (nSPS) is 10.9. The van der Waals surface area contributed by atoms with Gasteiger partial charge in [-0.2, -0.15) is 0 Å². The highest BCUT2D eigenvalue weighted by molar-refractivity contribution is 5.83. The van der Waals surface area contributed by atoms with E-state index in [9.17, 15) is 9.59 Å². The van der Waals surface area contributed by atoms with Crippen molar-refractivity contribution in [1.29, 1.82) is 0 Å². The van der Waals surface area contributed by atoms with Crippen molar-refractivity contribution in [2.45, 2.75) is 33.4 Å². The van der Waals surface area contributed by atoms with E-state index < -0.39 is 0 Å². The highest BCUT2D eigenvalue weighted by Gasteiger charge is 2.18. The summed E-state index contributed by atoms with van der Waals surface area (Å²) in [7, 11) is 3.16. The third-order valence-corrected chi connectivity index (χ3v) is 6.05. The predicted octanol–water partition coefficient (Wildman–Crippen LogP) is 3.53. The van der Waals surface area contributed by atoms with Gasteiger partial charge >= 0.3 is 0 Å². The van der Waals surface area contributed by atoms with Crippen LogP contribution in [-0.2, 0) is 17.9 Å². The smallest absolute Gasteiger partial charge is 0.263 e. The maximum Gasteiger partial charge on any atom is 0.263 e. The molecular formula is C26H28N4O4. The van der Waals surface area contributed by atoms with Gasteiger partial charge in [-0.3, -0.25) is 18.7 Å². The van der Waals surface area contributed by atoms with Crippen LogP contribution in [0.25, 0.3) is 16.7 Å². The van der Waals surface area contributed by atoms with Gasteiger partial charge in [0.05, 0.1) is 25.9 Å². The average molecular weight is 461 g/mol. The van der Waals surface area contributed by atoms with E-state index in [0.717, 1.165) is 22.5 Å². The lowest BCUT2D eigenvalue weighted by molar-refractivity contribution is -0.121. The summed E-state index contributed by atoms with van der Waals surface area (Å²) < 4.78 is 14.1. The van der Waals surface area contributed by atoms with Gasteiger partial charge in [0.2, 0.25) is 5.91 Å². The summed E-state index contributed by atoms with van der Waals surface area (Å²) in [6.07, 6.45) is 1.67. The Bertz CT molecular complexity index is 1390. The zero-order valence-electron chi connectivity index (χ0n) is 19.8. The molecule has 0 saturated carbocycles. The molecule has 0 saturated heterocycles. The number of carbonyl (C=O) groups excluding carboxylic acids is 1. The molecule has 4 aromatic rings. The van der Waals surface area contributed by atoms with Crippen LogP contribution in [0.15, 0.2) is 59.7 Å². The van der Waals surface area contributed by atoms with E-state index in [4.69, 9.17) is 9.47 Å². The molecular weight excluding hydrogens is 432 g/mol. The number of ether oxygens (including phenoxy) is 2. The van der Waals surface area contributed by atoms with Crippen molar-refractivity contribution in [3.05, 3.63) is 82.0 Å². The second kappa shape index (κ2) is 9.82. The molecule has 0 fully saturated rings. The number of fused-ring (bicyclic) bond motifs is 1. The van der Waals surface area contributed by atoms with Gasteiger partial charge in [0.25, 0.3) is 5.56 Å². The zero-order chi connectivity index (χ0) is 24.2. The number of para-hydroxylation sites is 1. The van der Waals surface area contributed by atoms with E-state index in [2.05, 4.69) is 10.3 Å². The predicted molar refractivity (Wildman–Crippen MR) is 131 cm³/mol. The quantitative estimate of drug-likeness (QED) is 0.435. The number of nitrogens with one attached hydrogen (secondary N) is 1. The molecule has 0 radical (unpaired) electrons. The lowest BCUT2D eigenvalue weighted by Crippen LogP contribution is -2.27. The molecule has 0 aliphatic rings. The lowest BCUT2D eigenvalue weighted by Gasteiger charge is -2.12. The van der Waals surface area contributed by atoms with Gasteiger partial charge in [-0.05, 0) is 43.7 Å². The molecule has 0 aliphatic carbocycles. The van der Waals surface area contributed by atoms with Gasteiger partial charge in [-0.15, -0.1) is 0 Å². The van der Waals surface area contributed by atoms with Gasteiger partial charge in [0, 0.05) is 42.5 Å². The Kier molecular flexibility index (Phi) is 6.67. The Morgan fingerprint density at radius 1 is 1.06 bits per heavy atom. The minimum atomic E-state index is -0.167. The van der Waals surface area contributed by atoms with E-state index in [1.807, 2.05) is 60.9 Å². The summed E-state index contributed by atoms with van der Waals surface area (Å²) in [5.41, 5.74) is 4.13. The van der Waals surface area contributed by atoms with Crippen molar-refractivity contribution in [2.75, 3.05) is 14.2 Å². The van der Waals surface area contributed by atoms with Crippen LogP contribution in [-0.4, -0.2) is 34.2 Å². The summed E-state index contributed by atoms with van der Waals surface area (Å²) >= 11 is 0. The second-order valence-corrected chi connectivity index (χ2v) is 8.03. The number of carbonyl (C=O) groups is 1. The summed E-state index contributed by atoms with van der Waals surface area (Å²) in [4.78, 5) is 30.3. The number of hydrogen-bond donors (Lipinski definition) is 1. The van der Waals surface area contributed by atoms with Gasteiger partial charge < -0.3 is 14.8 Å². The lowest BCUT2D eigenvalue weighted by atomic mass is 10.2. The Morgan fingerprint density at radius 3 is 2.53 bits per heavy atom. The number of aryl methyl sites for hydroxylation is 2. The largest absolute Gasteiger partial charge is 0.497 e. The van der Waals surface area contributed by atoms with Crippen molar-refractivity contribution in [1.82, 2.24) is 19.4 Å². The second-order valence-electron chi connectivity index (χ2n) is 8.03. The Labute approximate surface area is 197 Å². The van der Waals surface area contributed by atoms with Crippen LogP contribution >= 0.6 is 0 Å². The molecule has 0 bridgehead atoms. The molecule has 8 heteroatoms. The number of benzene rings is 2. The van der Waals surface area contributed by atoms with Crippen molar-refractivity contribution in [2.24, 2.45) is 0 Å². The molecule has 0 unspecified atom stereocenters. The van der Waals surface area contributed by atoms with Crippen LogP contribution in [0.4, 0.5) is 0 Å². The van der Waals surface area contributed by atoms with Crippen molar-refractivity contribution >= 4 is 16.9 Å². The fourth-order valence-corrected chi connectivity index (χ4v) is 4.04.